The molecule has 0 spiro atoms. The van der Waals surface area contributed by atoms with Gasteiger partial charge in [0.2, 0.25) is 0 Å². The molecular weight excluding hydrogens is 334 g/mol. The van der Waals surface area contributed by atoms with E-state index in [0.717, 1.165) is 6.07 Å². The molecule has 0 aliphatic heterocycles. The van der Waals surface area contributed by atoms with Gasteiger partial charge in [-0.15, -0.1) is 0 Å². The molecule has 0 saturated heterocycles. The summed E-state index contributed by atoms with van der Waals surface area (Å²) in [5.41, 5.74) is 0.549. The predicted octanol–water partition coefficient (Wildman–Crippen LogP) is 3.99. The summed E-state index contributed by atoms with van der Waals surface area (Å²) in [5, 5.41) is 18.9. The number of ketones is 1. The number of hydrogen-bond acceptors (Lipinski definition) is 5. The minimum Gasteiger partial charge on any atom is -0.508 e. The molecular formula is C18H16F2O5. The Labute approximate surface area is 142 Å². The van der Waals surface area contributed by atoms with Crippen molar-refractivity contribution in [1.29, 1.82) is 0 Å². The number of aromatic hydroxyl groups is 2. The number of carbonyl (C=O) groups is 1. The van der Waals surface area contributed by atoms with Crippen LogP contribution >= 0.6 is 0 Å². The van der Waals surface area contributed by atoms with E-state index in [1.807, 2.05) is 0 Å². The zero-order valence-corrected chi connectivity index (χ0v) is 13.3. The van der Waals surface area contributed by atoms with Crippen molar-refractivity contribution in [2.24, 2.45) is 0 Å². The molecule has 0 unspecified atom stereocenters. The van der Waals surface area contributed by atoms with Gasteiger partial charge in [-0.1, -0.05) is 12.1 Å². The highest BCUT2D eigenvalue weighted by molar-refractivity contribution is 6.08. The van der Waals surface area contributed by atoms with E-state index in [1.165, 1.54) is 42.5 Å². The second-order valence-electron chi connectivity index (χ2n) is 4.92. The average Bonchev–Trinajstić information content (AvgIpc) is 2.54. The first-order chi connectivity index (χ1) is 11.9. The highest BCUT2D eigenvalue weighted by Gasteiger charge is 2.12. The molecule has 0 fully saturated rings. The van der Waals surface area contributed by atoms with Crippen LogP contribution in [0.15, 0.2) is 42.5 Å². The van der Waals surface area contributed by atoms with Crippen molar-refractivity contribution < 1.29 is 33.3 Å². The van der Waals surface area contributed by atoms with Crippen LogP contribution in [-0.2, 0) is 0 Å². The van der Waals surface area contributed by atoms with Crippen molar-refractivity contribution in [3.63, 3.8) is 0 Å². The maximum atomic E-state index is 12.4. The number of benzene rings is 2. The summed E-state index contributed by atoms with van der Waals surface area (Å²) in [5.74, 6) is -0.955. The lowest BCUT2D eigenvalue weighted by Gasteiger charge is -2.11. The van der Waals surface area contributed by atoms with E-state index in [2.05, 4.69) is 4.74 Å². The van der Waals surface area contributed by atoms with Crippen LogP contribution in [0.3, 0.4) is 0 Å². The topological polar surface area (TPSA) is 76.0 Å². The van der Waals surface area contributed by atoms with Crippen LogP contribution in [0.4, 0.5) is 8.78 Å². The molecule has 2 N–H and O–H groups in total. The van der Waals surface area contributed by atoms with E-state index in [4.69, 9.17) is 4.74 Å². The maximum absolute atomic E-state index is 12.4. The van der Waals surface area contributed by atoms with E-state index < -0.39 is 12.4 Å². The Morgan fingerprint density at radius 2 is 1.92 bits per heavy atom. The van der Waals surface area contributed by atoms with Gasteiger partial charge in [-0.25, -0.2) is 0 Å². The van der Waals surface area contributed by atoms with Gasteiger partial charge in [0.15, 0.2) is 17.3 Å². The van der Waals surface area contributed by atoms with E-state index >= 15 is 0 Å². The van der Waals surface area contributed by atoms with Crippen LogP contribution in [-0.4, -0.2) is 29.2 Å². The Bertz CT molecular complexity index is 787. The molecule has 0 aliphatic carbocycles. The minimum atomic E-state index is -2.97. The van der Waals surface area contributed by atoms with Gasteiger partial charge < -0.3 is 19.7 Å². The third-order valence-electron chi connectivity index (χ3n) is 3.16. The Kier molecular flexibility index (Phi) is 5.94. The number of alkyl halides is 2. The molecule has 5 nitrogen and oxygen atoms in total. The summed E-state index contributed by atoms with van der Waals surface area (Å²) >= 11 is 0. The third kappa shape index (κ3) is 4.94. The number of rotatable bonds is 7. The predicted molar refractivity (Wildman–Crippen MR) is 87.4 cm³/mol. The smallest absolute Gasteiger partial charge is 0.387 e. The number of ether oxygens (including phenoxy) is 2. The summed E-state index contributed by atoms with van der Waals surface area (Å²) in [7, 11) is 0. The van der Waals surface area contributed by atoms with Crippen molar-refractivity contribution in [3.05, 3.63) is 53.6 Å². The first-order valence-corrected chi connectivity index (χ1v) is 7.36. The van der Waals surface area contributed by atoms with E-state index in [-0.39, 0.29) is 35.2 Å². The average molecular weight is 350 g/mol. The van der Waals surface area contributed by atoms with Crippen LogP contribution in [0.1, 0.15) is 22.8 Å². The van der Waals surface area contributed by atoms with Crippen LogP contribution in [0, 0.1) is 0 Å². The van der Waals surface area contributed by atoms with Crippen molar-refractivity contribution in [1.82, 2.24) is 0 Å². The Hall–Kier alpha value is -3.09. The van der Waals surface area contributed by atoms with Gasteiger partial charge in [-0.2, -0.15) is 8.78 Å². The van der Waals surface area contributed by atoms with Gasteiger partial charge in [0.25, 0.3) is 0 Å². The number of allylic oxidation sites excluding steroid dienone is 1. The van der Waals surface area contributed by atoms with Gasteiger partial charge in [0, 0.05) is 6.07 Å². The van der Waals surface area contributed by atoms with Gasteiger partial charge in [-0.05, 0) is 42.8 Å². The van der Waals surface area contributed by atoms with Crippen LogP contribution < -0.4 is 9.47 Å². The molecule has 2 aromatic rings. The summed E-state index contributed by atoms with van der Waals surface area (Å²) in [6.45, 7) is -1.02. The number of carbonyl (C=O) groups excluding carboxylic acids is 1. The third-order valence-corrected chi connectivity index (χ3v) is 3.16. The van der Waals surface area contributed by atoms with Crippen molar-refractivity contribution >= 4 is 11.9 Å². The van der Waals surface area contributed by atoms with Crippen molar-refractivity contribution in [2.45, 2.75) is 13.5 Å². The Balaban J connectivity index is 2.22. The quantitative estimate of drug-likeness (QED) is 0.583. The largest absolute Gasteiger partial charge is 0.508 e. The highest BCUT2D eigenvalue weighted by atomic mass is 19.3. The van der Waals surface area contributed by atoms with Gasteiger partial charge in [0.1, 0.15) is 11.5 Å². The fourth-order valence-corrected chi connectivity index (χ4v) is 2.08. The lowest BCUT2D eigenvalue weighted by atomic mass is 10.1. The molecule has 132 valence electrons. The second kappa shape index (κ2) is 8.14. The fraction of sp³-hybridized carbons (Fsp3) is 0.167. The standard InChI is InChI=1S/C18H16F2O5/c1-2-24-17-9-11(4-8-16(17)25-18(19)20)3-7-14(22)13-6-5-12(21)10-15(13)23/h3-10,18,21,23H,2H2,1H3/b7-3+. The molecule has 2 aromatic carbocycles. The summed E-state index contributed by atoms with van der Waals surface area (Å²) in [6, 6.07) is 7.90. The van der Waals surface area contributed by atoms with Crippen molar-refractivity contribution in [2.75, 3.05) is 6.61 Å². The number of halogens is 2. The molecule has 25 heavy (non-hydrogen) atoms. The first-order valence-electron chi connectivity index (χ1n) is 7.36. The molecule has 0 aromatic heterocycles. The van der Waals surface area contributed by atoms with Gasteiger partial charge >= 0.3 is 6.61 Å². The monoisotopic (exact) mass is 350 g/mol. The van der Waals surface area contributed by atoms with E-state index in [1.54, 1.807) is 6.92 Å². The summed E-state index contributed by atoms with van der Waals surface area (Å²) in [6.07, 6.45) is 2.66. The fourth-order valence-electron chi connectivity index (χ4n) is 2.08. The molecule has 0 aliphatic rings. The SMILES string of the molecule is CCOc1cc(/C=C/C(=O)c2ccc(O)cc2O)ccc1OC(F)F. The normalized spacial score (nSPS) is 11.0. The lowest BCUT2D eigenvalue weighted by molar-refractivity contribution is -0.0514. The molecule has 0 bridgehead atoms. The van der Waals surface area contributed by atoms with E-state index in [0.29, 0.717) is 5.56 Å². The molecule has 0 saturated carbocycles. The summed E-state index contributed by atoms with van der Waals surface area (Å²) < 4.78 is 34.4. The zero-order valence-electron chi connectivity index (χ0n) is 13.3. The van der Waals surface area contributed by atoms with Crippen LogP contribution in [0.25, 0.3) is 6.08 Å². The molecule has 0 amide bonds. The summed E-state index contributed by atoms with van der Waals surface area (Å²) in [4.78, 5) is 12.1. The second-order valence-corrected chi connectivity index (χ2v) is 4.92. The Morgan fingerprint density at radius 3 is 2.56 bits per heavy atom. The zero-order chi connectivity index (χ0) is 18.4. The Morgan fingerprint density at radius 1 is 1.16 bits per heavy atom. The number of phenolic OH excluding ortho intramolecular Hbond substituents is 2. The van der Waals surface area contributed by atoms with Gasteiger partial charge in [-0.3, -0.25) is 4.79 Å². The molecule has 0 atom stereocenters. The van der Waals surface area contributed by atoms with Crippen LogP contribution in [0.5, 0.6) is 23.0 Å². The molecule has 2 rings (SSSR count). The van der Waals surface area contributed by atoms with E-state index in [9.17, 15) is 23.8 Å². The molecule has 0 heterocycles. The van der Waals surface area contributed by atoms with Gasteiger partial charge in [0.05, 0.1) is 12.2 Å². The highest BCUT2D eigenvalue weighted by Crippen LogP contribution is 2.30. The minimum absolute atomic E-state index is 0.0248. The van der Waals surface area contributed by atoms with Crippen molar-refractivity contribution in [3.8, 4) is 23.0 Å². The lowest BCUT2D eigenvalue weighted by Crippen LogP contribution is -2.04. The molecule has 0 radical (unpaired) electrons. The van der Waals surface area contributed by atoms with Crippen LogP contribution in [0.2, 0.25) is 0 Å². The number of hydrogen-bond donors (Lipinski definition) is 2. The molecule has 7 heteroatoms. The maximum Gasteiger partial charge on any atom is 0.387 e. The first kappa shape index (κ1) is 18.3. The number of phenols is 2.